The van der Waals surface area contributed by atoms with Crippen molar-refractivity contribution in [3.8, 4) is 5.75 Å². The third kappa shape index (κ3) is 4.29. The second-order valence-electron chi connectivity index (χ2n) is 6.65. The second kappa shape index (κ2) is 9.39. The molecule has 1 fully saturated rings. The van der Waals surface area contributed by atoms with Crippen LogP contribution >= 0.6 is 24.8 Å². The monoisotopic (exact) mass is 438 g/mol. The summed E-state index contributed by atoms with van der Waals surface area (Å²) in [4.78, 5) is 23.8. The van der Waals surface area contributed by atoms with Crippen LogP contribution < -0.4 is 10.1 Å². The Hall–Kier alpha value is -2.42. The number of methoxy groups -OCH3 is 1. The number of ether oxygens (including phenoxy) is 1. The number of halogens is 2. The van der Waals surface area contributed by atoms with Crippen LogP contribution in [-0.2, 0) is 0 Å². The van der Waals surface area contributed by atoms with Crippen molar-refractivity contribution in [2.75, 3.05) is 26.7 Å². The Bertz CT molecular complexity index is 1010. The molecule has 3 aromatic rings. The number of aromatic nitrogens is 4. The first-order valence-corrected chi connectivity index (χ1v) is 8.94. The van der Waals surface area contributed by atoms with Crippen LogP contribution in [0.25, 0.3) is 5.78 Å². The van der Waals surface area contributed by atoms with Gasteiger partial charge in [-0.05, 0) is 26.0 Å². The van der Waals surface area contributed by atoms with E-state index in [4.69, 9.17) is 4.74 Å². The van der Waals surface area contributed by atoms with Crippen molar-refractivity contribution >= 4 is 36.5 Å². The molecular weight excluding hydrogens is 415 g/mol. The van der Waals surface area contributed by atoms with Gasteiger partial charge in [0.25, 0.3) is 11.7 Å². The van der Waals surface area contributed by atoms with Gasteiger partial charge in [-0.3, -0.25) is 4.79 Å². The zero-order valence-electron chi connectivity index (χ0n) is 16.5. The lowest BCUT2D eigenvalue weighted by molar-refractivity contribution is 0.0619. The maximum Gasteiger partial charge on any atom is 0.294 e. The lowest BCUT2D eigenvalue weighted by atomic mass is 10.0. The molecule has 29 heavy (non-hydrogen) atoms. The number of piperazine rings is 1. The molecule has 1 amide bonds. The van der Waals surface area contributed by atoms with Crippen LogP contribution in [-0.4, -0.2) is 57.1 Å². The molecule has 156 valence electrons. The summed E-state index contributed by atoms with van der Waals surface area (Å²) in [6, 6.07) is 9.54. The molecule has 1 atom stereocenters. The molecular formula is C19H24Cl2N6O2. The topological polar surface area (TPSA) is 84.6 Å². The summed E-state index contributed by atoms with van der Waals surface area (Å²) in [7, 11) is 1.64. The number of benzene rings is 1. The average molecular weight is 439 g/mol. The number of rotatable bonds is 3. The zero-order valence-corrected chi connectivity index (χ0v) is 18.1. The summed E-state index contributed by atoms with van der Waals surface area (Å²) in [6.07, 6.45) is 0. The van der Waals surface area contributed by atoms with Crippen LogP contribution in [0.15, 0.2) is 30.3 Å². The first-order chi connectivity index (χ1) is 13.1. The molecule has 1 aliphatic rings. The van der Waals surface area contributed by atoms with Gasteiger partial charge in [0, 0.05) is 36.6 Å². The van der Waals surface area contributed by atoms with Gasteiger partial charge < -0.3 is 15.0 Å². The molecule has 1 unspecified atom stereocenters. The molecule has 2 aromatic heterocycles. The number of nitrogens with zero attached hydrogens (tertiary/aromatic N) is 5. The molecule has 1 aliphatic heterocycles. The SMILES string of the molecule is COc1ccccc1C1CNCCN1C(=O)c1nc2nc(C)cc(C)n2n1.Cl.Cl. The molecule has 4 rings (SSSR count). The largest absolute Gasteiger partial charge is 0.496 e. The first kappa shape index (κ1) is 22.9. The smallest absolute Gasteiger partial charge is 0.294 e. The van der Waals surface area contributed by atoms with Crippen LogP contribution in [0.1, 0.15) is 33.6 Å². The Morgan fingerprint density at radius 2 is 1.97 bits per heavy atom. The first-order valence-electron chi connectivity index (χ1n) is 8.94. The summed E-state index contributed by atoms with van der Waals surface area (Å²) >= 11 is 0. The summed E-state index contributed by atoms with van der Waals surface area (Å²) in [5.41, 5.74) is 2.71. The van der Waals surface area contributed by atoms with Gasteiger partial charge in [0.05, 0.1) is 13.2 Å². The summed E-state index contributed by atoms with van der Waals surface area (Å²) in [5.74, 6) is 1.17. The van der Waals surface area contributed by atoms with Crippen molar-refractivity contribution in [3.63, 3.8) is 0 Å². The van der Waals surface area contributed by atoms with Gasteiger partial charge in [0.2, 0.25) is 5.82 Å². The summed E-state index contributed by atoms with van der Waals surface area (Å²) < 4.78 is 7.11. The third-order valence-corrected chi connectivity index (χ3v) is 4.81. The van der Waals surface area contributed by atoms with E-state index in [2.05, 4.69) is 20.4 Å². The Kier molecular flexibility index (Phi) is 7.40. The van der Waals surface area contributed by atoms with Crippen LogP contribution in [0, 0.1) is 13.8 Å². The minimum Gasteiger partial charge on any atom is -0.496 e. The maximum absolute atomic E-state index is 13.2. The van der Waals surface area contributed by atoms with Gasteiger partial charge in [-0.1, -0.05) is 18.2 Å². The van der Waals surface area contributed by atoms with Crippen LogP contribution in [0.3, 0.4) is 0 Å². The van der Waals surface area contributed by atoms with Gasteiger partial charge in [-0.2, -0.15) is 4.98 Å². The van der Waals surface area contributed by atoms with Crippen molar-refractivity contribution < 1.29 is 9.53 Å². The molecule has 0 saturated carbocycles. The summed E-state index contributed by atoms with van der Waals surface area (Å²) in [5, 5.41) is 7.76. The fourth-order valence-corrected chi connectivity index (χ4v) is 3.55. The zero-order chi connectivity index (χ0) is 19.0. The number of amides is 1. The Labute approximate surface area is 181 Å². The fraction of sp³-hybridized carbons (Fsp3) is 0.368. The van der Waals surface area contributed by atoms with Crippen molar-refractivity contribution in [1.82, 2.24) is 29.8 Å². The van der Waals surface area contributed by atoms with E-state index in [-0.39, 0.29) is 42.6 Å². The van der Waals surface area contributed by atoms with Gasteiger partial charge in [0.1, 0.15) is 5.75 Å². The third-order valence-electron chi connectivity index (χ3n) is 4.81. The van der Waals surface area contributed by atoms with E-state index < -0.39 is 0 Å². The molecule has 0 aliphatic carbocycles. The van der Waals surface area contributed by atoms with Gasteiger partial charge in [-0.25, -0.2) is 9.50 Å². The van der Waals surface area contributed by atoms with Crippen LogP contribution in [0.5, 0.6) is 5.75 Å². The fourth-order valence-electron chi connectivity index (χ4n) is 3.55. The van der Waals surface area contributed by atoms with Crippen molar-refractivity contribution in [3.05, 3.63) is 53.1 Å². The minimum absolute atomic E-state index is 0. The van der Waals surface area contributed by atoms with E-state index in [1.807, 2.05) is 49.1 Å². The number of hydrogen-bond donors (Lipinski definition) is 1. The average Bonchev–Trinajstić information content (AvgIpc) is 3.12. The summed E-state index contributed by atoms with van der Waals surface area (Å²) in [6.45, 7) is 5.77. The Morgan fingerprint density at radius 3 is 2.72 bits per heavy atom. The predicted octanol–water partition coefficient (Wildman–Crippen LogP) is 2.38. The van der Waals surface area contributed by atoms with Crippen molar-refractivity contribution in [1.29, 1.82) is 0 Å². The molecule has 1 saturated heterocycles. The highest BCUT2D eigenvalue weighted by Gasteiger charge is 2.32. The molecule has 1 aromatic carbocycles. The molecule has 1 N–H and O–H groups in total. The highest BCUT2D eigenvalue weighted by molar-refractivity contribution is 5.91. The van der Waals surface area contributed by atoms with E-state index in [1.165, 1.54) is 0 Å². The maximum atomic E-state index is 13.2. The standard InChI is InChI=1S/C19H22N6O2.2ClH/c1-12-10-13(2)25-19(21-12)22-17(23-25)18(26)24-9-8-20-11-15(24)14-6-4-5-7-16(14)27-3;;/h4-7,10,15,20H,8-9,11H2,1-3H3;2*1H. The van der Waals surface area contributed by atoms with E-state index >= 15 is 0 Å². The Morgan fingerprint density at radius 1 is 1.21 bits per heavy atom. The highest BCUT2D eigenvalue weighted by Crippen LogP contribution is 2.30. The number of carbonyl (C=O) groups is 1. The van der Waals surface area contributed by atoms with Gasteiger partial charge in [0.15, 0.2) is 0 Å². The van der Waals surface area contributed by atoms with Crippen LogP contribution in [0.2, 0.25) is 0 Å². The molecule has 0 bridgehead atoms. The van der Waals surface area contributed by atoms with E-state index in [0.717, 1.165) is 29.2 Å². The van der Waals surface area contributed by atoms with Crippen molar-refractivity contribution in [2.45, 2.75) is 19.9 Å². The lowest BCUT2D eigenvalue weighted by Crippen LogP contribution is -2.49. The molecule has 8 nitrogen and oxygen atoms in total. The number of hydrogen-bond acceptors (Lipinski definition) is 6. The lowest BCUT2D eigenvalue weighted by Gasteiger charge is -2.36. The number of para-hydroxylation sites is 1. The second-order valence-corrected chi connectivity index (χ2v) is 6.65. The predicted molar refractivity (Wildman–Crippen MR) is 114 cm³/mol. The number of fused-ring (bicyclic) bond motifs is 1. The van der Waals surface area contributed by atoms with E-state index in [9.17, 15) is 4.79 Å². The number of aryl methyl sites for hydroxylation is 2. The molecule has 3 heterocycles. The quantitative estimate of drug-likeness (QED) is 0.675. The van der Waals surface area contributed by atoms with Crippen molar-refractivity contribution in [2.24, 2.45) is 0 Å². The molecule has 0 spiro atoms. The van der Waals surface area contributed by atoms with Crippen LogP contribution in [0.4, 0.5) is 0 Å². The number of carbonyl (C=O) groups excluding carboxylic acids is 1. The normalized spacial score (nSPS) is 16.1. The molecule has 0 radical (unpaired) electrons. The van der Waals surface area contributed by atoms with E-state index in [1.54, 1.807) is 11.6 Å². The van der Waals surface area contributed by atoms with Gasteiger partial charge >= 0.3 is 0 Å². The molecule has 10 heteroatoms. The highest BCUT2D eigenvalue weighted by atomic mass is 35.5. The minimum atomic E-state index is -0.199. The number of nitrogens with one attached hydrogen (secondary N) is 1. The van der Waals surface area contributed by atoms with Gasteiger partial charge in [-0.15, -0.1) is 29.9 Å². The Balaban J connectivity index is 0.00000150. The van der Waals surface area contributed by atoms with E-state index in [0.29, 0.717) is 18.9 Å².